The van der Waals surface area contributed by atoms with E-state index in [2.05, 4.69) is 4.74 Å². The van der Waals surface area contributed by atoms with Gasteiger partial charge in [-0.25, -0.2) is 0 Å². The molecule has 1 heterocycles. The Hall–Kier alpha value is 3.07. The van der Waals surface area contributed by atoms with Gasteiger partial charge in [-0.3, -0.25) is 0 Å². The zero-order valence-corrected chi connectivity index (χ0v) is 14.1. The predicted octanol–water partition coefficient (Wildman–Crippen LogP) is -9.45. The molecule has 13 heavy (non-hydrogen) atoms. The average molecular weight is 240 g/mol. The van der Waals surface area contributed by atoms with E-state index in [9.17, 15) is 10.2 Å². The molecule has 1 aliphatic heterocycles. The first-order chi connectivity index (χ1) is 5.15. The first kappa shape index (κ1) is 18.4. The maximum atomic E-state index is 10.9. The van der Waals surface area contributed by atoms with Crippen LogP contribution in [0.2, 0.25) is 0 Å². The fraction of sp³-hybridized carbons (Fsp3) is 1.00. The monoisotopic (exact) mass is 240 g/mol. The van der Waals surface area contributed by atoms with Crippen molar-refractivity contribution in [2.75, 3.05) is 6.61 Å². The van der Waals surface area contributed by atoms with E-state index in [-0.39, 0.29) is 109 Å². The molecule has 5 nitrogen and oxygen atoms in total. The van der Waals surface area contributed by atoms with Gasteiger partial charge >= 0.3 is 103 Å². The van der Waals surface area contributed by atoms with Crippen LogP contribution in [0.5, 0.6) is 0 Å². The molecule has 0 aromatic heterocycles. The van der Waals surface area contributed by atoms with Gasteiger partial charge in [0.25, 0.3) is 0 Å². The van der Waals surface area contributed by atoms with Crippen molar-refractivity contribution < 1.29 is 128 Å². The molecule has 4 atom stereocenters. The van der Waals surface area contributed by atoms with Crippen molar-refractivity contribution in [3.63, 3.8) is 0 Å². The second-order valence-electron chi connectivity index (χ2n) is 2.55. The summed E-state index contributed by atoms with van der Waals surface area (Å²) < 4.78 is 4.61. The van der Waals surface area contributed by atoms with Gasteiger partial charge in [0.2, 0.25) is 0 Å². The molecule has 0 aliphatic carbocycles. The van der Waals surface area contributed by atoms with Gasteiger partial charge in [-0.1, -0.05) is 0 Å². The van der Waals surface area contributed by atoms with E-state index in [1.165, 1.54) is 0 Å². The Kier molecular flexibility index (Phi) is 13.0. The van der Waals surface area contributed by atoms with Gasteiger partial charge in [0.15, 0.2) is 6.29 Å². The summed E-state index contributed by atoms with van der Waals surface area (Å²) in [6.45, 7) is -0.510. The van der Waals surface area contributed by atoms with E-state index in [0.29, 0.717) is 0 Å². The molecule has 0 bridgehead atoms. The van der Waals surface area contributed by atoms with Gasteiger partial charge in [0.1, 0.15) is 0 Å². The number of hydrogen-bond acceptors (Lipinski definition) is 5. The standard InChI is InChI=1S/C6H10O5.2K/c7-2-4-6(10)3(8)1-5(9)11-4;;/h3-7,9H,1-2H2;;/q-2;2*+1/t3?,4?,5-,6-;;/m0../s1. The maximum absolute atomic E-state index is 10.9. The molecule has 2 N–H and O–H groups in total. The number of aliphatic hydroxyl groups excluding tert-OH is 2. The van der Waals surface area contributed by atoms with E-state index in [1.807, 2.05) is 0 Å². The number of ether oxygens (including phenoxy) is 1. The first-order valence-electron chi connectivity index (χ1n) is 3.41. The predicted molar refractivity (Wildman–Crippen MR) is 30.2 cm³/mol. The molecule has 1 rings (SSSR count). The molecular weight excluding hydrogens is 230 g/mol. The van der Waals surface area contributed by atoms with Crippen molar-refractivity contribution in [1.82, 2.24) is 0 Å². The molecule has 7 heteroatoms. The van der Waals surface area contributed by atoms with Gasteiger partial charge in [-0.2, -0.15) is 0 Å². The van der Waals surface area contributed by atoms with E-state index in [0.717, 1.165) is 0 Å². The van der Waals surface area contributed by atoms with Gasteiger partial charge < -0.3 is 25.2 Å². The summed E-state index contributed by atoms with van der Waals surface area (Å²) in [5, 5.41) is 39.0. The van der Waals surface area contributed by atoms with Crippen molar-refractivity contribution >= 4 is 0 Å². The summed E-state index contributed by atoms with van der Waals surface area (Å²) in [6.07, 6.45) is -5.29. The van der Waals surface area contributed by atoms with E-state index >= 15 is 0 Å². The minimum absolute atomic E-state index is 0. The SMILES string of the molecule is [K+].[K+].[O-]C1C[C@@H](O)OC(CO)[C@H]1[O-]. The van der Waals surface area contributed by atoms with E-state index in [4.69, 9.17) is 10.2 Å². The summed E-state index contributed by atoms with van der Waals surface area (Å²) in [7, 11) is 0. The third-order valence-electron chi connectivity index (χ3n) is 1.68. The molecule has 1 fully saturated rings. The molecule has 0 aromatic rings. The summed E-state index contributed by atoms with van der Waals surface area (Å²) in [4.78, 5) is 0. The summed E-state index contributed by atoms with van der Waals surface area (Å²) in [5.74, 6) is 0. The van der Waals surface area contributed by atoms with Crippen molar-refractivity contribution in [2.45, 2.75) is 31.0 Å². The fourth-order valence-corrected chi connectivity index (χ4v) is 1.05. The van der Waals surface area contributed by atoms with Crippen LogP contribution in [-0.2, 0) is 4.74 Å². The van der Waals surface area contributed by atoms with Gasteiger partial charge in [-0.05, 0) is 6.42 Å². The van der Waals surface area contributed by atoms with Crippen LogP contribution in [0.4, 0.5) is 0 Å². The smallest absolute Gasteiger partial charge is 0.852 e. The summed E-state index contributed by atoms with van der Waals surface area (Å²) in [6, 6.07) is 0. The maximum Gasteiger partial charge on any atom is 1.00 e. The van der Waals surface area contributed by atoms with E-state index in [1.54, 1.807) is 0 Å². The molecule has 0 radical (unpaired) electrons. The topological polar surface area (TPSA) is 95.8 Å². The Morgan fingerprint density at radius 2 is 1.85 bits per heavy atom. The number of hydrogen-bond donors (Lipinski definition) is 2. The second kappa shape index (κ2) is 9.14. The molecular formula is C6H10K2O5. The Bertz CT molecular complexity index is 136. The van der Waals surface area contributed by atoms with Crippen LogP contribution < -0.4 is 113 Å². The molecule has 0 spiro atoms. The molecule has 0 amide bonds. The minimum atomic E-state index is -1.47. The third-order valence-corrected chi connectivity index (χ3v) is 1.68. The summed E-state index contributed by atoms with van der Waals surface area (Å²) >= 11 is 0. The van der Waals surface area contributed by atoms with Crippen LogP contribution in [0, 0.1) is 0 Å². The zero-order chi connectivity index (χ0) is 8.43. The van der Waals surface area contributed by atoms with Crippen LogP contribution >= 0.6 is 0 Å². The van der Waals surface area contributed by atoms with Gasteiger partial charge in [0, 0.05) is 0 Å². The van der Waals surface area contributed by atoms with Crippen molar-refractivity contribution in [1.29, 1.82) is 0 Å². The Morgan fingerprint density at radius 1 is 1.31 bits per heavy atom. The van der Waals surface area contributed by atoms with E-state index < -0.39 is 31.2 Å². The van der Waals surface area contributed by atoms with Crippen molar-refractivity contribution in [2.24, 2.45) is 0 Å². The number of aliphatic hydroxyl groups is 2. The minimum Gasteiger partial charge on any atom is -0.852 e. The van der Waals surface area contributed by atoms with Crippen LogP contribution in [0.1, 0.15) is 6.42 Å². The number of rotatable bonds is 1. The van der Waals surface area contributed by atoms with Crippen molar-refractivity contribution in [3.05, 3.63) is 0 Å². The molecule has 66 valence electrons. The van der Waals surface area contributed by atoms with Crippen LogP contribution in [0.3, 0.4) is 0 Å². The Morgan fingerprint density at radius 3 is 2.31 bits per heavy atom. The normalized spacial score (nSPS) is 38.8. The van der Waals surface area contributed by atoms with Gasteiger partial charge in [-0.15, -0.1) is 12.2 Å². The Balaban J connectivity index is 0. The molecule has 1 saturated heterocycles. The van der Waals surface area contributed by atoms with Crippen LogP contribution in [-0.4, -0.2) is 41.4 Å². The second-order valence-corrected chi connectivity index (χ2v) is 2.55. The third kappa shape index (κ3) is 5.80. The summed E-state index contributed by atoms with van der Waals surface area (Å²) in [5.41, 5.74) is 0. The largest absolute Gasteiger partial charge is 1.00 e. The quantitative estimate of drug-likeness (QED) is 0.444. The Labute approximate surface area is 162 Å². The first-order valence-corrected chi connectivity index (χ1v) is 3.41. The van der Waals surface area contributed by atoms with Gasteiger partial charge in [0.05, 0.1) is 12.7 Å². The zero-order valence-electron chi connectivity index (χ0n) is 7.84. The fourth-order valence-electron chi connectivity index (χ4n) is 1.05. The van der Waals surface area contributed by atoms with Crippen LogP contribution in [0.25, 0.3) is 0 Å². The average Bonchev–Trinajstić information content (AvgIpc) is 1.96. The molecule has 0 aromatic carbocycles. The van der Waals surface area contributed by atoms with Crippen molar-refractivity contribution in [3.8, 4) is 0 Å². The molecule has 2 unspecified atom stereocenters. The van der Waals surface area contributed by atoms with Crippen LogP contribution in [0.15, 0.2) is 0 Å². The molecule has 0 saturated carbocycles. The molecule has 1 aliphatic rings.